The second kappa shape index (κ2) is 5.47. The summed E-state index contributed by atoms with van der Waals surface area (Å²) in [6.07, 6.45) is 3.96. The van der Waals surface area contributed by atoms with Crippen molar-refractivity contribution >= 4 is 11.3 Å². The van der Waals surface area contributed by atoms with Gasteiger partial charge >= 0.3 is 0 Å². The molecule has 19 heavy (non-hydrogen) atoms. The molecule has 4 heteroatoms. The molecule has 0 aromatic carbocycles. The molecule has 1 fully saturated rings. The number of aromatic nitrogens is 1. The molecule has 0 radical (unpaired) electrons. The summed E-state index contributed by atoms with van der Waals surface area (Å²) in [5, 5.41) is 2.06. The average Bonchev–Trinajstić information content (AvgIpc) is 3.02. The number of hydrogen-bond acceptors (Lipinski definition) is 4. The Hall–Kier alpha value is -1.13. The summed E-state index contributed by atoms with van der Waals surface area (Å²) in [5.74, 6) is 1.73. The normalized spacial score (nSPS) is 20.8. The van der Waals surface area contributed by atoms with Crippen molar-refractivity contribution in [2.45, 2.75) is 45.7 Å². The molecule has 3 nitrogen and oxygen atoms in total. The number of likely N-dealkylation sites (tertiary alicyclic amines) is 1. The summed E-state index contributed by atoms with van der Waals surface area (Å²) in [7, 11) is 0. The lowest BCUT2D eigenvalue weighted by Gasteiger charge is -2.32. The van der Waals surface area contributed by atoms with Crippen molar-refractivity contribution in [2.75, 3.05) is 6.54 Å². The molecule has 0 unspecified atom stereocenters. The van der Waals surface area contributed by atoms with Crippen molar-refractivity contribution in [3.05, 3.63) is 29.0 Å². The first kappa shape index (κ1) is 12.9. The number of thiophene rings is 1. The van der Waals surface area contributed by atoms with Gasteiger partial charge in [0.25, 0.3) is 0 Å². The maximum atomic E-state index is 5.81. The van der Waals surface area contributed by atoms with E-state index in [1.54, 1.807) is 11.3 Å². The zero-order chi connectivity index (χ0) is 13.2. The Morgan fingerprint density at radius 2 is 2.37 bits per heavy atom. The Bertz CT molecular complexity index is 532. The number of piperidine rings is 1. The summed E-state index contributed by atoms with van der Waals surface area (Å²) in [6, 6.07) is 4.75. The molecule has 1 saturated heterocycles. The van der Waals surface area contributed by atoms with Crippen molar-refractivity contribution in [2.24, 2.45) is 0 Å². The van der Waals surface area contributed by atoms with Gasteiger partial charge in [0.05, 0.1) is 10.6 Å². The van der Waals surface area contributed by atoms with Crippen LogP contribution in [0.25, 0.3) is 10.8 Å². The van der Waals surface area contributed by atoms with E-state index in [1.165, 1.54) is 25.8 Å². The highest BCUT2D eigenvalue weighted by molar-refractivity contribution is 7.13. The van der Waals surface area contributed by atoms with Gasteiger partial charge in [-0.15, -0.1) is 11.3 Å². The summed E-state index contributed by atoms with van der Waals surface area (Å²) in [6.45, 7) is 6.44. The lowest BCUT2D eigenvalue weighted by atomic mass is 10.0. The summed E-state index contributed by atoms with van der Waals surface area (Å²) >= 11 is 1.67. The first-order valence-corrected chi connectivity index (χ1v) is 7.86. The van der Waals surface area contributed by atoms with Crippen molar-refractivity contribution in [1.82, 2.24) is 9.88 Å². The van der Waals surface area contributed by atoms with Crippen molar-refractivity contribution < 1.29 is 4.42 Å². The predicted octanol–water partition coefficient (Wildman–Crippen LogP) is 4.09. The maximum absolute atomic E-state index is 5.81. The molecular formula is C15H20N2OS. The van der Waals surface area contributed by atoms with Crippen LogP contribution in [0.1, 0.15) is 37.6 Å². The topological polar surface area (TPSA) is 29.3 Å². The minimum absolute atomic E-state index is 0.662. The van der Waals surface area contributed by atoms with E-state index in [0.29, 0.717) is 6.04 Å². The molecule has 1 aliphatic rings. The molecule has 3 rings (SSSR count). The second-order valence-corrected chi connectivity index (χ2v) is 6.26. The number of nitrogens with zero attached hydrogens (tertiary/aromatic N) is 2. The molecule has 0 bridgehead atoms. The van der Waals surface area contributed by atoms with Gasteiger partial charge in [0.2, 0.25) is 5.89 Å². The molecule has 3 heterocycles. The van der Waals surface area contributed by atoms with Crippen LogP contribution in [0, 0.1) is 6.92 Å². The van der Waals surface area contributed by atoms with Crippen LogP contribution < -0.4 is 0 Å². The Labute approximate surface area is 118 Å². The number of hydrogen-bond donors (Lipinski definition) is 0. The van der Waals surface area contributed by atoms with Crippen molar-refractivity contribution in [1.29, 1.82) is 0 Å². The Morgan fingerprint density at radius 3 is 3.11 bits per heavy atom. The maximum Gasteiger partial charge on any atom is 0.236 e. The molecule has 0 spiro atoms. The summed E-state index contributed by atoms with van der Waals surface area (Å²) in [5.41, 5.74) is 1.09. The largest absolute Gasteiger partial charge is 0.440 e. The highest BCUT2D eigenvalue weighted by atomic mass is 32.1. The fourth-order valence-corrected chi connectivity index (χ4v) is 3.31. The van der Waals surface area contributed by atoms with Gasteiger partial charge < -0.3 is 4.42 Å². The van der Waals surface area contributed by atoms with Crippen LogP contribution >= 0.6 is 11.3 Å². The smallest absolute Gasteiger partial charge is 0.236 e. The third-order valence-electron chi connectivity index (χ3n) is 3.92. The van der Waals surface area contributed by atoms with Crippen LogP contribution in [-0.2, 0) is 6.54 Å². The van der Waals surface area contributed by atoms with Gasteiger partial charge in [0.1, 0.15) is 5.76 Å². The van der Waals surface area contributed by atoms with Crippen molar-refractivity contribution in [3.8, 4) is 10.8 Å². The number of rotatable bonds is 3. The SMILES string of the molecule is Cc1oc(-c2cccs2)nc1CN1CCCC[C@H]1C. The highest BCUT2D eigenvalue weighted by Gasteiger charge is 2.21. The monoisotopic (exact) mass is 276 g/mol. The standard InChI is InChI=1S/C15H20N2OS/c1-11-6-3-4-8-17(11)10-13-12(2)18-15(16-13)14-7-5-9-19-14/h5,7,9,11H,3-4,6,8,10H2,1-2H3/t11-/m1/s1. The molecule has 0 aliphatic carbocycles. The lowest BCUT2D eigenvalue weighted by molar-refractivity contribution is 0.150. The van der Waals surface area contributed by atoms with E-state index in [9.17, 15) is 0 Å². The Morgan fingerprint density at radius 1 is 1.47 bits per heavy atom. The second-order valence-electron chi connectivity index (χ2n) is 5.31. The van der Waals surface area contributed by atoms with Crippen molar-refractivity contribution in [3.63, 3.8) is 0 Å². The van der Waals surface area contributed by atoms with E-state index in [-0.39, 0.29) is 0 Å². The zero-order valence-electron chi connectivity index (χ0n) is 11.6. The lowest BCUT2D eigenvalue weighted by Crippen LogP contribution is -2.37. The van der Waals surface area contributed by atoms with Crippen LogP contribution in [0.4, 0.5) is 0 Å². The minimum atomic E-state index is 0.662. The molecule has 0 saturated carbocycles. The van der Waals surface area contributed by atoms with Crippen LogP contribution in [0.2, 0.25) is 0 Å². The minimum Gasteiger partial charge on any atom is -0.440 e. The molecule has 2 aromatic heterocycles. The molecule has 0 N–H and O–H groups in total. The van der Waals surface area contributed by atoms with Gasteiger partial charge in [0.15, 0.2) is 0 Å². The van der Waals surface area contributed by atoms with Crippen LogP contribution in [-0.4, -0.2) is 22.5 Å². The third-order valence-corrected chi connectivity index (χ3v) is 4.78. The number of aryl methyl sites for hydroxylation is 1. The fraction of sp³-hybridized carbons (Fsp3) is 0.533. The van der Waals surface area contributed by atoms with E-state index in [2.05, 4.69) is 28.3 Å². The zero-order valence-corrected chi connectivity index (χ0v) is 12.4. The quantitative estimate of drug-likeness (QED) is 0.845. The average molecular weight is 276 g/mol. The van der Waals surface area contributed by atoms with E-state index >= 15 is 0 Å². The summed E-state index contributed by atoms with van der Waals surface area (Å²) < 4.78 is 5.81. The molecule has 102 valence electrons. The van der Waals surface area contributed by atoms with Gasteiger partial charge in [-0.1, -0.05) is 12.5 Å². The van der Waals surface area contributed by atoms with E-state index in [1.807, 2.05) is 13.0 Å². The molecule has 2 aromatic rings. The molecule has 0 amide bonds. The predicted molar refractivity (Wildman–Crippen MR) is 78.3 cm³/mol. The van der Waals surface area contributed by atoms with Crippen LogP contribution in [0.5, 0.6) is 0 Å². The molecule has 1 atom stereocenters. The van der Waals surface area contributed by atoms with Crippen LogP contribution in [0.15, 0.2) is 21.9 Å². The van der Waals surface area contributed by atoms with Gasteiger partial charge in [-0.2, -0.15) is 0 Å². The molecule has 1 aliphatic heterocycles. The van der Waals surface area contributed by atoms with Gasteiger partial charge in [-0.05, 0) is 44.7 Å². The number of oxazole rings is 1. The third kappa shape index (κ3) is 2.74. The Kier molecular flexibility index (Phi) is 3.71. The van der Waals surface area contributed by atoms with Gasteiger partial charge in [-0.3, -0.25) is 4.90 Å². The Balaban J connectivity index is 1.78. The fourth-order valence-electron chi connectivity index (χ4n) is 2.67. The van der Waals surface area contributed by atoms with Gasteiger partial charge in [0, 0.05) is 12.6 Å². The van der Waals surface area contributed by atoms with Crippen LogP contribution in [0.3, 0.4) is 0 Å². The van der Waals surface area contributed by atoms with Gasteiger partial charge in [-0.25, -0.2) is 4.98 Å². The van der Waals surface area contributed by atoms with E-state index < -0.39 is 0 Å². The highest BCUT2D eigenvalue weighted by Crippen LogP contribution is 2.27. The van der Waals surface area contributed by atoms with E-state index in [0.717, 1.165) is 28.8 Å². The summed E-state index contributed by atoms with van der Waals surface area (Å²) in [4.78, 5) is 8.32. The first-order chi connectivity index (χ1) is 9.24. The first-order valence-electron chi connectivity index (χ1n) is 6.98. The van der Waals surface area contributed by atoms with E-state index in [4.69, 9.17) is 4.42 Å². The molecular weight excluding hydrogens is 256 g/mol.